The lowest BCUT2D eigenvalue weighted by molar-refractivity contribution is 0.363. The van der Waals surface area contributed by atoms with E-state index in [1.807, 2.05) is 14.0 Å². The Kier molecular flexibility index (Phi) is 5.01. The third-order valence-electron chi connectivity index (χ3n) is 2.65. The molecule has 0 aliphatic heterocycles. The van der Waals surface area contributed by atoms with Crippen LogP contribution in [-0.4, -0.2) is 30.0 Å². The maximum Gasteiger partial charge on any atom is 0.216 e. The summed E-state index contributed by atoms with van der Waals surface area (Å²) in [4.78, 5) is 0. The molecule has 0 aromatic carbocycles. The molecule has 0 saturated heterocycles. The van der Waals surface area contributed by atoms with Gasteiger partial charge in [-0.2, -0.15) is 5.10 Å². The van der Waals surface area contributed by atoms with Gasteiger partial charge >= 0.3 is 0 Å². The summed E-state index contributed by atoms with van der Waals surface area (Å²) < 4.78 is 7.07. The van der Waals surface area contributed by atoms with Gasteiger partial charge in [-0.25, -0.2) is 4.68 Å². The first kappa shape index (κ1) is 13.6. The standard InChI is InChI=1S/C12H20N4O/c1-5-6-7-14-10(8-13)11-9(2)15-16(3)12(11)17-4/h1,10,14H,6-8,13H2,2-4H3. The van der Waals surface area contributed by atoms with E-state index in [0.29, 0.717) is 13.0 Å². The van der Waals surface area contributed by atoms with Crippen LogP contribution in [0.5, 0.6) is 5.88 Å². The van der Waals surface area contributed by atoms with E-state index in [9.17, 15) is 0 Å². The highest BCUT2D eigenvalue weighted by atomic mass is 16.5. The normalized spacial score (nSPS) is 12.2. The third kappa shape index (κ3) is 2.99. The van der Waals surface area contributed by atoms with E-state index in [1.54, 1.807) is 11.8 Å². The van der Waals surface area contributed by atoms with Crippen molar-refractivity contribution >= 4 is 0 Å². The number of rotatable bonds is 6. The molecule has 1 heterocycles. The summed E-state index contributed by atoms with van der Waals surface area (Å²) in [5.74, 6) is 3.33. The summed E-state index contributed by atoms with van der Waals surface area (Å²) in [6.07, 6.45) is 5.90. The Hall–Kier alpha value is -1.51. The predicted molar refractivity (Wildman–Crippen MR) is 67.7 cm³/mol. The maximum atomic E-state index is 5.78. The van der Waals surface area contributed by atoms with Crippen molar-refractivity contribution in [2.24, 2.45) is 12.8 Å². The highest BCUT2D eigenvalue weighted by Crippen LogP contribution is 2.27. The van der Waals surface area contributed by atoms with Crippen LogP contribution in [0.4, 0.5) is 0 Å². The van der Waals surface area contributed by atoms with Crippen molar-refractivity contribution in [3.8, 4) is 18.2 Å². The summed E-state index contributed by atoms with van der Waals surface area (Å²) in [6, 6.07) is 0.0204. The Balaban J connectivity index is 2.91. The number of aromatic nitrogens is 2. The van der Waals surface area contributed by atoms with Gasteiger partial charge in [-0.1, -0.05) is 0 Å². The number of nitrogens with two attached hydrogens (primary N) is 1. The quantitative estimate of drug-likeness (QED) is 0.552. The first-order valence-corrected chi connectivity index (χ1v) is 5.60. The molecule has 0 fully saturated rings. The molecule has 1 unspecified atom stereocenters. The minimum absolute atomic E-state index is 0.0204. The highest BCUT2D eigenvalue weighted by Gasteiger charge is 2.21. The van der Waals surface area contributed by atoms with Crippen molar-refractivity contribution in [1.82, 2.24) is 15.1 Å². The second-order valence-corrected chi connectivity index (χ2v) is 3.83. The van der Waals surface area contributed by atoms with Crippen LogP contribution in [0.1, 0.15) is 23.7 Å². The van der Waals surface area contributed by atoms with E-state index in [-0.39, 0.29) is 6.04 Å². The Morgan fingerprint density at radius 3 is 2.88 bits per heavy atom. The number of nitrogens with zero attached hydrogens (tertiary/aromatic N) is 2. The lowest BCUT2D eigenvalue weighted by Gasteiger charge is -2.17. The first-order valence-electron chi connectivity index (χ1n) is 5.60. The smallest absolute Gasteiger partial charge is 0.216 e. The van der Waals surface area contributed by atoms with Crippen molar-refractivity contribution in [3.63, 3.8) is 0 Å². The predicted octanol–water partition coefficient (Wildman–Crippen LogP) is 0.350. The molecule has 5 heteroatoms. The summed E-state index contributed by atoms with van der Waals surface area (Å²) in [5.41, 5.74) is 7.71. The second kappa shape index (κ2) is 6.28. The molecule has 1 aromatic heterocycles. The molecule has 0 spiro atoms. The molecule has 1 rings (SSSR count). The van der Waals surface area contributed by atoms with Crippen molar-refractivity contribution in [3.05, 3.63) is 11.3 Å². The van der Waals surface area contributed by atoms with E-state index in [2.05, 4.69) is 16.3 Å². The maximum absolute atomic E-state index is 5.78. The molecule has 1 aromatic rings. The lowest BCUT2D eigenvalue weighted by atomic mass is 10.1. The summed E-state index contributed by atoms with van der Waals surface area (Å²) in [5, 5.41) is 7.65. The molecule has 5 nitrogen and oxygen atoms in total. The lowest BCUT2D eigenvalue weighted by Crippen LogP contribution is -2.29. The van der Waals surface area contributed by atoms with Crippen LogP contribution in [0.25, 0.3) is 0 Å². The Bertz CT molecular complexity index is 405. The molecule has 0 aliphatic rings. The Morgan fingerprint density at radius 2 is 2.35 bits per heavy atom. The Labute approximate surface area is 102 Å². The number of nitrogens with one attached hydrogen (secondary N) is 1. The van der Waals surface area contributed by atoms with Gasteiger partial charge in [0.1, 0.15) is 0 Å². The van der Waals surface area contributed by atoms with Crippen LogP contribution in [0, 0.1) is 19.3 Å². The fourth-order valence-corrected chi connectivity index (χ4v) is 1.92. The van der Waals surface area contributed by atoms with E-state index in [0.717, 1.165) is 23.7 Å². The molecule has 0 bridgehead atoms. The molecule has 0 aliphatic carbocycles. The van der Waals surface area contributed by atoms with Crippen molar-refractivity contribution < 1.29 is 4.74 Å². The molecule has 17 heavy (non-hydrogen) atoms. The van der Waals surface area contributed by atoms with Gasteiger partial charge in [0.25, 0.3) is 0 Å². The number of methoxy groups -OCH3 is 1. The highest BCUT2D eigenvalue weighted by molar-refractivity contribution is 5.34. The minimum atomic E-state index is 0.0204. The fraction of sp³-hybridized carbons (Fsp3) is 0.583. The van der Waals surface area contributed by atoms with Gasteiger partial charge in [0.05, 0.1) is 24.4 Å². The minimum Gasteiger partial charge on any atom is -0.481 e. The monoisotopic (exact) mass is 236 g/mol. The number of hydrogen-bond acceptors (Lipinski definition) is 4. The van der Waals surface area contributed by atoms with E-state index < -0.39 is 0 Å². The average molecular weight is 236 g/mol. The SMILES string of the molecule is C#CCCNC(CN)c1c(C)nn(C)c1OC. The summed E-state index contributed by atoms with van der Waals surface area (Å²) in [6.45, 7) is 3.16. The number of terminal acetylenes is 1. The van der Waals surface area contributed by atoms with Crippen molar-refractivity contribution in [2.75, 3.05) is 20.2 Å². The second-order valence-electron chi connectivity index (χ2n) is 3.83. The van der Waals surface area contributed by atoms with Crippen LogP contribution < -0.4 is 15.8 Å². The van der Waals surface area contributed by atoms with Gasteiger partial charge in [-0.3, -0.25) is 0 Å². The summed E-state index contributed by atoms with van der Waals surface area (Å²) >= 11 is 0. The van der Waals surface area contributed by atoms with E-state index in [1.165, 1.54) is 0 Å². The molecular formula is C12H20N4O. The van der Waals surface area contributed by atoms with Gasteiger partial charge in [0.15, 0.2) is 0 Å². The molecule has 0 saturated carbocycles. The largest absolute Gasteiger partial charge is 0.481 e. The Morgan fingerprint density at radius 1 is 1.65 bits per heavy atom. The number of hydrogen-bond donors (Lipinski definition) is 2. The molecule has 0 amide bonds. The van der Waals surface area contributed by atoms with E-state index in [4.69, 9.17) is 16.9 Å². The van der Waals surface area contributed by atoms with Gasteiger partial charge in [-0.05, 0) is 6.92 Å². The topological polar surface area (TPSA) is 65.1 Å². The molecule has 1 atom stereocenters. The van der Waals surface area contributed by atoms with Crippen LogP contribution in [0.3, 0.4) is 0 Å². The first-order chi connectivity index (χ1) is 8.15. The van der Waals surface area contributed by atoms with Crippen LogP contribution in [0.15, 0.2) is 0 Å². The van der Waals surface area contributed by atoms with Crippen molar-refractivity contribution in [1.29, 1.82) is 0 Å². The van der Waals surface area contributed by atoms with Crippen LogP contribution in [-0.2, 0) is 7.05 Å². The average Bonchev–Trinajstić information content (AvgIpc) is 2.59. The van der Waals surface area contributed by atoms with Gasteiger partial charge in [0, 0.05) is 26.6 Å². The van der Waals surface area contributed by atoms with Gasteiger partial charge < -0.3 is 15.8 Å². The van der Waals surface area contributed by atoms with Crippen LogP contribution in [0.2, 0.25) is 0 Å². The molecule has 3 N–H and O–H groups in total. The number of ether oxygens (including phenoxy) is 1. The van der Waals surface area contributed by atoms with E-state index >= 15 is 0 Å². The third-order valence-corrected chi connectivity index (χ3v) is 2.65. The van der Waals surface area contributed by atoms with Crippen molar-refractivity contribution in [2.45, 2.75) is 19.4 Å². The molecular weight excluding hydrogens is 216 g/mol. The zero-order valence-electron chi connectivity index (χ0n) is 10.7. The van der Waals surface area contributed by atoms with Gasteiger partial charge in [-0.15, -0.1) is 12.3 Å². The molecule has 94 valence electrons. The van der Waals surface area contributed by atoms with Crippen LogP contribution >= 0.6 is 0 Å². The van der Waals surface area contributed by atoms with Gasteiger partial charge in [0.2, 0.25) is 5.88 Å². The zero-order chi connectivity index (χ0) is 12.8. The summed E-state index contributed by atoms with van der Waals surface area (Å²) in [7, 11) is 3.49. The molecule has 0 radical (unpaired) electrons. The zero-order valence-corrected chi connectivity index (χ0v) is 10.7. The number of aryl methyl sites for hydroxylation is 2. The fourth-order valence-electron chi connectivity index (χ4n) is 1.92.